The Kier molecular flexibility index (Phi) is 7.72. The maximum Gasteiger partial charge on any atom is 0.313 e. The van der Waals surface area contributed by atoms with Gasteiger partial charge in [-0.25, -0.2) is 0 Å². The molecule has 25 heavy (non-hydrogen) atoms. The molecule has 2 aromatic rings. The van der Waals surface area contributed by atoms with E-state index in [0.717, 1.165) is 24.8 Å². The summed E-state index contributed by atoms with van der Waals surface area (Å²) in [5.74, 6) is -0.721. The number of aliphatic carboxylic acids is 1. The molecule has 2 heteroatoms. The number of hydrogen-bond donors (Lipinski definition) is 1. The Morgan fingerprint density at radius 2 is 1.32 bits per heavy atom. The second kappa shape index (κ2) is 10.0. The van der Waals surface area contributed by atoms with Gasteiger partial charge in [0.15, 0.2) is 0 Å². The van der Waals surface area contributed by atoms with Crippen molar-refractivity contribution in [3.05, 3.63) is 71.8 Å². The number of hydrogen-bond acceptors (Lipinski definition) is 1. The Balaban J connectivity index is 1.63. The van der Waals surface area contributed by atoms with Crippen LogP contribution in [0, 0.1) is 0 Å². The highest BCUT2D eigenvalue weighted by Crippen LogP contribution is 2.30. The highest BCUT2D eigenvalue weighted by Gasteiger charge is 2.34. The highest BCUT2D eigenvalue weighted by molar-refractivity contribution is 5.80. The van der Waals surface area contributed by atoms with Crippen LogP contribution in [0.2, 0.25) is 0 Å². The zero-order valence-electron chi connectivity index (χ0n) is 15.3. The van der Waals surface area contributed by atoms with E-state index in [1.165, 1.54) is 31.2 Å². The molecule has 0 aliphatic rings. The molecule has 0 fully saturated rings. The summed E-state index contributed by atoms with van der Waals surface area (Å²) in [4.78, 5) is 11.8. The molecule has 1 N–H and O–H groups in total. The summed E-state index contributed by atoms with van der Waals surface area (Å²) >= 11 is 0. The van der Waals surface area contributed by atoms with E-state index in [0.29, 0.717) is 6.42 Å². The lowest BCUT2D eigenvalue weighted by Gasteiger charge is -2.25. The van der Waals surface area contributed by atoms with E-state index in [-0.39, 0.29) is 0 Å². The second-order valence-corrected chi connectivity index (χ2v) is 7.11. The van der Waals surface area contributed by atoms with Gasteiger partial charge < -0.3 is 5.11 Å². The van der Waals surface area contributed by atoms with E-state index in [1.54, 1.807) is 0 Å². The van der Waals surface area contributed by atoms with Crippen LogP contribution >= 0.6 is 0 Å². The Morgan fingerprint density at radius 3 is 1.92 bits per heavy atom. The Labute approximate surface area is 151 Å². The van der Waals surface area contributed by atoms with Gasteiger partial charge in [-0.05, 0) is 37.3 Å². The Hall–Kier alpha value is -2.09. The Morgan fingerprint density at radius 1 is 0.800 bits per heavy atom. The fraction of sp³-hybridized carbons (Fsp3) is 0.435. The molecule has 2 aromatic carbocycles. The molecule has 0 bridgehead atoms. The fourth-order valence-electron chi connectivity index (χ4n) is 3.34. The second-order valence-electron chi connectivity index (χ2n) is 7.11. The summed E-state index contributed by atoms with van der Waals surface area (Å²) in [6.07, 6.45) is 8.87. The lowest BCUT2D eigenvalue weighted by molar-refractivity contribution is -0.143. The minimum absolute atomic E-state index is 0.705. The van der Waals surface area contributed by atoms with Gasteiger partial charge in [0.25, 0.3) is 0 Å². The first-order valence-corrected chi connectivity index (χ1v) is 9.46. The van der Waals surface area contributed by atoms with Crippen LogP contribution in [0.4, 0.5) is 0 Å². The first kappa shape index (κ1) is 19.2. The minimum Gasteiger partial charge on any atom is -0.481 e. The third kappa shape index (κ3) is 6.04. The van der Waals surface area contributed by atoms with E-state index in [4.69, 9.17) is 0 Å². The molecular formula is C23H30O2. The summed E-state index contributed by atoms with van der Waals surface area (Å²) in [6, 6.07) is 20.3. The zero-order valence-corrected chi connectivity index (χ0v) is 15.3. The fourth-order valence-corrected chi connectivity index (χ4v) is 3.34. The van der Waals surface area contributed by atoms with Crippen LogP contribution in [-0.4, -0.2) is 11.1 Å². The SMILES string of the molecule is CC(CCCCCCCCc1ccccc1)(C(=O)O)c1ccccc1. The Bertz CT molecular complexity index is 621. The molecule has 0 aromatic heterocycles. The number of carboxylic acids is 1. The van der Waals surface area contributed by atoms with Crippen molar-refractivity contribution in [1.29, 1.82) is 0 Å². The smallest absolute Gasteiger partial charge is 0.313 e. The molecule has 1 unspecified atom stereocenters. The highest BCUT2D eigenvalue weighted by atomic mass is 16.4. The number of carbonyl (C=O) groups is 1. The summed E-state index contributed by atoms with van der Waals surface area (Å²) in [7, 11) is 0. The van der Waals surface area contributed by atoms with Crippen LogP contribution in [0.1, 0.15) is 63.0 Å². The van der Waals surface area contributed by atoms with Crippen LogP contribution in [0.3, 0.4) is 0 Å². The number of carboxylic acid groups (broad SMARTS) is 1. The van der Waals surface area contributed by atoms with Gasteiger partial charge in [0.2, 0.25) is 0 Å². The first-order chi connectivity index (χ1) is 12.1. The number of benzene rings is 2. The van der Waals surface area contributed by atoms with E-state index in [2.05, 4.69) is 30.3 Å². The van der Waals surface area contributed by atoms with Crippen molar-refractivity contribution in [2.45, 2.75) is 63.7 Å². The van der Waals surface area contributed by atoms with E-state index in [9.17, 15) is 9.90 Å². The third-order valence-electron chi connectivity index (χ3n) is 5.12. The van der Waals surface area contributed by atoms with Crippen molar-refractivity contribution < 1.29 is 9.90 Å². The summed E-state index contributed by atoms with van der Waals surface area (Å²) < 4.78 is 0. The molecule has 0 heterocycles. The van der Waals surface area contributed by atoms with Gasteiger partial charge in [0, 0.05) is 0 Å². The largest absolute Gasteiger partial charge is 0.481 e. The molecule has 0 saturated carbocycles. The van der Waals surface area contributed by atoms with Crippen molar-refractivity contribution in [3.8, 4) is 0 Å². The predicted octanol–water partition coefficient (Wildman–Crippen LogP) is 6.00. The maximum atomic E-state index is 11.8. The van der Waals surface area contributed by atoms with Gasteiger partial charge in [-0.15, -0.1) is 0 Å². The van der Waals surface area contributed by atoms with Crippen molar-refractivity contribution in [2.24, 2.45) is 0 Å². The summed E-state index contributed by atoms with van der Waals surface area (Å²) in [6.45, 7) is 1.85. The monoisotopic (exact) mass is 338 g/mol. The number of aryl methyl sites for hydroxylation is 1. The van der Waals surface area contributed by atoms with Crippen LogP contribution in [-0.2, 0) is 16.6 Å². The van der Waals surface area contributed by atoms with Gasteiger partial charge in [-0.1, -0.05) is 92.8 Å². The van der Waals surface area contributed by atoms with Gasteiger partial charge in [-0.2, -0.15) is 0 Å². The van der Waals surface area contributed by atoms with Gasteiger partial charge in [0.05, 0.1) is 5.41 Å². The van der Waals surface area contributed by atoms with E-state index < -0.39 is 11.4 Å². The lowest BCUT2D eigenvalue weighted by atomic mass is 9.78. The van der Waals surface area contributed by atoms with Crippen LogP contribution < -0.4 is 0 Å². The molecule has 0 radical (unpaired) electrons. The molecule has 0 aliphatic heterocycles. The van der Waals surface area contributed by atoms with Crippen molar-refractivity contribution in [2.75, 3.05) is 0 Å². The molecular weight excluding hydrogens is 308 g/mol. The third-order valence-corrected chi connectivity index (χ3v) is 5.12. The van der Waals surface area contributed by atoms with E-state index >= 15 is 0 Å². The maximum absolute atomic E-state index is 11.8. The number of rotatable bonds is 11. The van der Waals surface area contributed by atoms with Crippen molar-refractivity contribution in [1.82, 2.24) is 0 Å². The standard InChI is InChI=1S/C23H30O2/c1-23(22(24)25,21-17-11-7-12-18-21)19-13-5-3-2-4-8-14-20-15-9-6-10-16-20/h6-7,9-12,15-18H,2-5,8,13-14,19H2,1H3,(H,24,25). The zero-order chi connectivity index (χ0) is 18.0. The topological polar surface area (TPSA) is 37.3 Å². The average molecular weight is 338 g/mol. The first-order valence-electron chi connectivity index (χ1n) is 9.46. The summed E-state index contributed by atoms with van der Waals surface area (Å²) in [5, 5.41) is 9.67. The molecule has 0 saturated heterocycles. The molecule has 2 nitrogen and oxygen atoms in total. The molecule has 0 amide bonds. The van der Waals surface area contributed by atoms with Crippen molar-refractivity contribution in [3.63, 3.8) is 0 Å². The molecule has 134 valence electrons. The van der Waals surface area contributed by atoms with Gasteiger partial charge in [-0.3, -0.25) is 4.79 Å². The molecule has 1 atom stereocenters. The van der Waals surface area contributed by atoms with Crippen LogP contribution in [0.25, 0.3) is 0 Å². The number of unbranched alkanes of at least 4 members (excludes halogenated alkanes) is 5. The average Bonchev–Trinajstić information content (AvgIpc) is 2.65. The van der Waals surface area contributed by atoms with Crippen LogP contribution in [0.15, 0.2) is 60.7 Å². The predicted molar refractivity (Wildman–Crippen MR) is 104 cm³/mol. The van der Waals surface area contributed by atoms with Crippen LogP contribution in [0.5, 0.6) is 0 Å². The molecule has 0 aliphatic carbocycles. The summed E-state index contributed by atoms with van der Waals surface area (Å²) in [5.41, 5.74) is 1.56. The van der Waals surface area contributed by atoms with Gasteiger partial charge >= 0.3 is 5.97 Å². The normalized spacial score (nSPS) is 13.3. The molecule has 2 rings (SSSR count). The molecule has 0 spiro atoms. The minimum atomic E-state index is -0.769. The lowest BCUT2D eigenvalue weighted by Crippen LogP contribution is -2.32. The van der Waals surface area contributed by atoms with E-state index in [1.807, 2.05) is 37.3 Å². The van der Waals surface area contributed by atoms with Crippen molar-refractivity contribution >= 4 is 5.97 Å². The van der Waals surface area contributed by atoms with Gasteiger partial charge in [0.1, 0.15) is 0 Å². The quantitative estimate of drug-likeness (QED) is 0.510.